The van der Waals surface area contributed by atoms with E-state index >= 15 is 0 Å². The third-order valence-electron chi connectivity index (χ3n) is 4.21. The highest BCUT2D eigenvalue weighted by molar-refractivity contribution is 5.82. The fraction of sp³-hybridized carbons (Fsp3) is 0.833. The van der Waals surface area contributed by atoms with Crippen molar-refractivity contribution in [2.75, 3.05) is 13.1 Å². The van der Waals surface area contributed by atoms with Gasteiger partial charge in [0.1, 0.15) is 0 Å². The first-order chi connectivity index (χ1) is 8.09. The maximum Gasteiger partial charge on any atom is 0.311 e. The van der Waals surface area contributed by atoms with E-state index in [2.05, 4.69) is 5.32 Å². The Balaban J connectivity index is 1.83. The van der Waals surface area contributed by atoms with E-state index in [1.807, 2.05) is 0 Å². The number of hydrogen-bond acceptors (Lipinski definition) is 3. The molecule has 17 heavy (non-hydrogen) atoms. The Morgan fingerprint density at radius 1 is 1.35 bits per heavy atom. The summed E-state index contributed by atoms with van der Waals surface area (Å²) in [6, 6.07) is 0. The molecule has 0 saturated heterocycles. The first kappa shape index (κ1) is 12.4. The molecule has 5 nitrogen and oxygen atoms in total. The fourth-order valence-corrected chi connectivity index (χ4v) is 2.67. The van der Waals surface area contributed by atoms with Crippen LogP contribution in [-0.2, 0) is 9.59 Å². The van der Waals surface area contributed by atoms with Crippen LogP contribution in [-0.4, -0.2) is 30.1 Å². The smallest absolute Gasteiger partial charge is 0.311 e. The van der Waals surface area contributed by atoms with Crippen LogP contribution in [0, 0.1) is 17.3 Å². The molecule has 96 valence electrons. The van der Waals surface area contributed by atoms with Crippen LogP contribution < -0.4 is 11.1 Å². The zero-order valence-corrected chi connectivity index (χ0v) is 9.95. The van der Waals surface area contributed by atoms with Crippen LogP contribution >= 0.6 is 0 Å². The summed E-state index contributed by atoms with van der Waals surface area (Å²) < 4.78 is 0. The summed E-state index contributed by atoms with van der Waals surface area (Å²) in [4.78, 5) is 22.9. The second kappa shape index (κ2) is 4.64. The molecule has 0 aromatic carbocycles. The van der Waals surface area contributed by atoms with Crippen molar-refractivity contribution < 1.29 is 14.7 Å². The SMILES string of the molecule is NCC1CCCC1C(=O)NCC1(C(=O)O)CC1. The monoisotopic (exact) mass is 240 g/mol. The van der Waals surface area contributed by atoms with Gasteiger partial charge in [0.05, 0.1) is 5.41 Å². The molecule has 0 heterocycles. The van der Waals surface area contributed by atoms with Crippen LogP contribution in [0.2, 0.25) is 0 Å². The number of nitrogens with two attached hydrogens (primary N) is 1. The summed E-state index contributed by atoms with van der Waals surface area (Å²) in [5.41, 5.74) is 4.96. The Morgan fingerprint density at radius 2 is 2.06 bits per heavy atom. The molecule has 0 aromatic rings. The Morgan fingerprint density at radius 3 is 2.59 bits per heavy atom. The van der Waals surface area contributed by atoms with Gasteiger partial charge in [-0.3, -0.25) is 9.59 Å². The van der Waals surface area contributed by atoms with Gasteiger partial charge in [-0.05, 0) is 38.1 Å². The lowest BCUT2D eigenvalue weighted by atomic mass is 9.95. The van der Waals surface area contributed by atoms with Crippen LogP contribution in [0.4, 0.5) is 0 Å². The van der Waals surface area contributed by atoms with Gasteiger partial charge in [-0.2, -0.15) is 0 Å². The van der Waals surface area contributed by atoms with E-state index in [4.69, 9.17) is 10.8 Å². The van der Waals surface area contributed by atoms with Gasteiger partial charge >= 0.3 is 5.97 Å². The lowest BCUT2D eigenvalue weighted by molar-refractivity contribution is -0.143. The quantitative estimate of drug-likeness (QED) is 0.646. The molecule has 2 fully saturated rings. The average molecular weight is 240 g/mol. The summed E-state index contributed by atoms with van der Waals surface area (Å²) in [6.07, 6.45) is 4.29. The van der Waals surface area contributed by atoms with Crippen molar-refractivity contribution in [3.8, 4) is 0 Å². The minimum Gasteiger partial charge on any atom is -0.481 e. The number of amides is 1. The minimum absolute atomic E-state index is 0.00882. The lowest BCUT2D eigenvalue weighted by Crippen LogP contribution is -2.39. The van der Waals surface area contributed by atoms with E-state index in [0.29, 0.717) is 19.4 Å². The van der Waals surface area contributed by atoms with Gasteiger partial charge in [-0.25, -0.2) is 0 Å². The summed E-state index contributed by atoms with van der Waals surface area (Å²) in [6.45, 7) is 0.817. The van der Waals surface area contributed by atoms with Crippen molar-refractivity contribution in [2.24, 2.45) is 23.0 Å². The second-order valence-corrected chi connectivity index (χ2v) is 5.34. The number of nitrogens with one attached hydrogen (secondary N) is 1. The van der Waals surface area contributed by atoms with Crippen molar-refractivity contribution in [1.82, 2.24) is 5.32 Å². The zero-order valence-electron chi connectivity index (χ0n) is 9.95. The van der Waals surface area contributed by atoms with Crippen LogP contribution in [0.15, 0.2) is 0 Å². The Labute approximate surface area is 101 Å². The van der Waals surface area contributed by atoms with Crippen LogP contribution in [0.25, 0.3) is 0 Å². The summed E-state index contributed by atoms with van der Waals surface area (Å²) >= 11 is 0. The number of carbonyl (C=O) groups excluding carboxylic acids is 1. The molecule has 0 radical (unpaired) electrons. The highest BCUT2D eigenvalue weighted by Crippen LogP contribution is 2.45. The fourth-order valence-electron chi connectivity index (χ4n) is 2.67. The molecule has 2 atom stereocenters. The normalized spacial score (nSPS) is 29.9. The predicted octanol–water partition coefficient (Wildman–Crippen LogP) is 0.342. The number of carboxylic acids is 1. The molecule has 5 heteroatoms. The molecule has 0 spiro atoms. The van der Waals surface area contributed by atoms with Gasteiger partial charge in [-0.1, -0.05) is 6.42 Å². The van der Waals surface area contributed by atoms with E-state index in [9.17, 15) is 9.59 Å². The topological polar surface area (TPSA) is 92.4 Å². The number of carbonyl (C=O) groups is 2. The van der Waals surface area contributed by atoms with Crippen LogP contribution in [0.1, 0.15) is 32.1 Å². The highest BCUT2D eigenvalue weighted by Gasteiger charge is 2.50. The molecule has 2 aliphatic rings. The van der Waals surface area contributed by atoms with Gasteiger partial charge in [-0.15, -0.1) is 0 Å². The molecule has 0 aliphatic heterocycles. The molecular weight excluding hydrogens is 220 g/mol. The van der Waals surface area contributed by atoms with Crippen molar-refractivity contribution >= 4 is 11.9 Å². The molecule has 0 bridgehead atoms. The average Bonchev–Trinajstić information content (AvgIpc) is 2.96. The predicted molar refractivity (Wildman–Crippen MR) is 62.2 cm³/mol. The summed E-state index contributed by atoms with van der Waals surface area (Å²) in [5, 5.41) is 11.8. The molecule has 4 N–H and O–H groups in total. The third-order valence-corrected chi connectivity index (χ3v) is 4.21. The minimum atomic E-state index is -0.792. The maximum atomic E-state index is 12.0. The van der Waals surface area contributed by atoms with E-state index in [-0.39, 0.29) is 24.3 Å². The van der Waals surface area contributed by atoms with Gasteiger partial charge in [0.2, 0.25) is 5.91 Å². The Kier molecular flexibility index (Phi) is 3.38. The molecule has 0 aromatic heterocycles. The van der Waals surface area contributed by atoms with Crippen molar-refractivity contribution in [2.45, 2.75) is 32.1 Å². The zero-order chi connectivity index (χ0) is 12.5. The number of aliphatic carboxylic acids is 1. The number of hydrogen-bond donors (Lipinski definition) is 3. The maximum absolute atomic E-state index is 12.0. The van der Waals surface area contributed by atoms with E-state index in [1.54, 1.807) is 0 Å². The first-order valence-electron chi connectivity index (χ1n) is 6.30. The summed E-state index contributed by atoms with van der Waals surface area (Å²) in [7, 11) is 0. The Hall–Kier alpha value is -1.10. The number of carboxylic acid groups (broad SMARTS) is 1. The standard InChI is InChI=1S/C12H20N2O3/c13-6-8-2-1-3-9(8)10(15)14-7-12(4-5-12)11(16)17/h8-9H,1-7,13H2,(H,14,15)(H,16,17). The molecule has 2 aliphatic carbocycles. The second-order valence-electron chi connectivity index (χ2n) is 5.34. The largest absolute Gasteiger partial charge is 0.481 e. The molecule has 2 saturated carbocycles. The van der Waals surface area contributed by atoms with E-state index in [0.717, 1.165) is 19.3 Å². The molecule has 2 unspecified atom stereocenters. The van der Waals surface area contributed by atoms with E-state index < -0.39 is 11.4 Å². The molecular formula is C12H20N2O3. The van der Waals surface area contributed by atoms with Crippen LogP contribution in [0.5, 0.6) is 0 Å². The molecule has 2 rings (SSSR count). The highest BCUT2D eigenvalue weighted by atomic mass is 16.4. The molecule has 1 amide bonds. The van der Waals surface area contributed by atoms with Gasteiger partial charge < -0.3 is 16.2 Å². The van der Waals surface area contributed by atoms with Crippen LogP contribution in [0.3, 0.4) is 0 Å². The summed E-state index contributed by atoms with van der Waals surface area (Å²) in [5.74, 6) is -0.537. The Bertz CT molecular complexity index is 326. The first-order valence-corrected chi connectivity index (χ1v) is 6.30. The van der Waals surface area contributed by atoms with Crippen molar-refractivity contribution in [3.05, 3.63) is 0 Å². The van der Waals surface area contributed by atoms with Gasteiger partial charge in [0.25, 0.3) is 0 Å². The van der Waals surface area contributed by atoms with E-state index in [1.165, 1.54) is 0 Å². The lowest BCUT2D eigenvalue weighted by Gasteiger charge is -2.19. The van der Waals surface area contributed by atoms with Crippen molar-refractivity contribution in [3.63, 3.8) is 0 Å². The van der Waals surface area contributed by atoms with Gasteiger partial charge in [0, 0.05) is 12.5 Å². The van der Waals surface area contributed by atoms with Crippen molar-refractivity contribution in [1.29, 1.82) is 0 Å². The van der Waals surface area contributed by atoms with Gasteiger partial charge in [0.15, 0.2) is 0 Å². The number of rotatable bonds is 5. The third kappa shape index (κ3) is 2.44.